The Hall–Kier alpha value is -1.68. The molecule has 0 radical (unpaired) electrons. The van der Waals surface area contributed by atoms with Gasteiger partial charge in [0.2, 0.25) is 0 Å². The van der Waals surface area contributed by atoms with E-state index >= 15 is 0 Å². The van der Waals surface area contributed by atoms with Crippen LogP contribution in [0.4, 0.5) is 28.4 Å². The van der Waals surface area contributed by atoms with E-state index in [4.69, 9.17) is 16.3 Å². The van der Waals surface area contributed by atoms with Crippen LogP contribution in [-0.2, 0) is 10.9 Å². The van der Waals surface area contributed by atoms with E-state index in [1.165, 1.54) is 15.9 Å². The standard InChI is InChI=1S/C18H22BrClF3N3O3/c1-10-9-25(16(28)29-17(2,3)4)5-6-26(10)15(27)24-14-12(18(21,22)23)7-11(19)8-13(14)20/h7-8,10H,5-6,9H2,1-4H3,(H,24,27)/t10-/m0/s1. The lowest BCUT2D eigenvalue weighted by molar-refractivity contribution is -0.137. The van der Waals surface area contributed by atoms with Gasteiger partial charge in [0.15, 0.2) is 0 Å². The average molecular weight is 501 g/mol. The number of ether oxygens (including phenoxy) is 1. The number of carbonyl (C=O) groups is 2. The first-order valence-electron chi connectivity index (χ1n) is 8.81. The maximum absolute atomic E-state index is 13.4. The Morgan fingerprint density at radius 3 is 2.38 bits per heavy atom. The summed E-state index contributed by atoms with van der Waals surface area (Å²) in [5.74, 6) is 0. The Balaban J connectivity index is 2.13. The van der Waals surface area contributed by atoms with Crippen molar-refractivity contribution in [3.63, 3.8) is 0 Å². The molecule has 2 rings (SSSR count). The predicted molar refractivity (Wildman–Crippen MR) is 107 cm³/mol. The summed E-state index contributed by atoms with van der Waals surface area (Å²) in [6.07, 6.45) is -5.20. The zero-order valence-corrected chi connectivity index (χ0v) is 18.7. The molecule has 6 nitrogen and oxygen atoms in total. The van der Waals surface area contributed by atoms with Crippen molar-refractivity contribution < 1.29 is 27.5 Å². The summed E-state index contributed by atoms with van der Waals surface area (Å²) in [5.41, 5.74) is -2.21. The first-order valence-corrected chi connectivity index (χ1v) is 9.98. The Kier molecular flexibility index (Phi) is 6.99. The highest BCUT2D eigenvalue weighted by molar-refractivity contribution is 9.10. The molecule has 1 N–H and O–H groups in total. The Morgan fingerprint density at radius 1 is 1.24 bits per heavy atom. The molecule has 1 atom stereocenters. The highest BCUT2D eigenvalue weighted by Gasteiger charge is 2.37. The third kappa shape index (κ3) is 6.15. The maximum atomic E-state index is 13.4. The molecule has 0 bridgehead atoms. The van der Waals surface area contributed by atoms with Gasteiger partial charge >= 0.3 is 18.3 Å². The van der Waals surface area contributed by atoms with Gasteiger partial charge in [-0.05, 0) is 39.8 Å². The molecule has 1 heterocycles. The Morgan fingerprint density at radius 2 is 1.86 bits per heavy atom. The van der Waals surface area contributed by atoms with E-state index < -0.39 is 41.2 Å². The van der Waals surface area contributed by atoms with Gasteiger partial charge in [-0.25, -0.2) is 9.59 Å². The Labute approximate surface area is 180 Å². The lowest BCUT2D eigenvalue weighted by atomic mass is 10.1. The van der Waals surface area contributed by atoms with E-state index in [1.807, 2.05) is 0 Å². The summed E-state index contributed by atoms with van der Waals surface area (Å²) in [4.78, 5) is 27.7. The fourth-order valence-electron chi connectivity index (χ4n) is 2.85. The molecule has 1 aliphatic rings. The van der Waals surface area contributed by atoms with Crippen molar-refractivity contribution in [3.8, 4) is 0 Å². The number of urea groups is 1. The Bertz CT molecular complexity index is 799. The smallest absolute Gasteiger partial charge is 0.418 e. The van der Waals surface area contributed by atoms with E-state index in [9.17, 15) is 22.8 Å². The van der Waals surface area contributed by atoms with Gasteiger partial charge in [-0.2, -0.15) is 13.2 Å². The van der Waals surface area contributed by atoms with Crippen LogP contribution in [0, 0.1) is 0 Å². The van der Waals surface area contributed by atoms with Crippen molar-refractivity contribution in [2.45, 2.75) is 45.5 Å². The van der Waals surface area contributed by atoms with Crippen LogP contribution in [0.2, 0.25) is 5.02 Å². The van der Waals surface area contributed by atoms with Crippen LogP contribution < -0.4 is 5.32 Å². The summed E-state index contributed by atoms with van der Waals surface area (Å²) in [5, 5.41) is 2.04. The first kappa shape index (κ1) is 23.6. The molecular formula is C18H22BrClF3N3O3. The molecule has 1 aliphatic heterocycles. The lowest BCUT2D eigenvalue weighted by Crippen LogP contribution is -2.57. The van der Waals surface area contributed by atoms with E-state index in [0.717, 1.165) is 6.07 Å². The third-order valence-corrected chi connectivity index (χ3v) is 4.89. The highest BCUT2D eigenvalue weighted by atomic mass is 79.9. The molecule has 0 aromatic heterocycles. The molecule has 1 aromatic rings. The normalized spacial score (nSPS) is 17.9. The number of nitrogens with zero attached hydrogens (tertiary/aromatic N) is 2. The fraction of sp³-hybridized carbons (Fsp3) is 0.556. The minimum atomic E-state index is -4.70. The van der Waals surface area contributed by atoms with E-state index in [2.05, 4.69) is 21.2 Å². The van der Waals surface area contributed by atoms with Crippen LogP contribution in [0.15, 0.2) is 16.6 Å². The second-order valence-electron chi connectivity index (χ2n) is 7.71. The van der Waals surface area contributed by atoms with Crippen LogP contribution in [0.5, 0.6) is 0 Å². The third-order valence-electron chi connectivity index (χ3n) is 4.13. The number of halogens is 5. The zero-order valence-electron chi connectivity index (χ0n) is 16.4. The van der Waals surface area contributed by atoms with Crippen LogP contribution in [0.1, 0.15) is 33.3 Å². The van der Waals surface area contributed by atoms with Crippen LogP contribution in [0.3, 0.4) is 0 Å². The number of alkyl halides is 3. The molecule has 1 fully saturated rings. The average Bonchev–Trinajstić information content (AvgIpc) is 2.54. The highest BCUT2D eigenvalue weighted by Crippen LogP contribution is 2.41. The molecule has 29 heavy (non-hydrogen) atoms. The fourth-order valence-corrected chi connectivity index (χ4v) is 3.71. The van der Waals surface area contributed by atoms with Crippen molar-refractivity contribution in [1.29, 1.82) is 0 Å². The van der Waals surface area contributed by atoms with Gasteiger partial charge in [-0.3, -0.25) is 0 Å². The monoisotopic (exact) mass is 499 g/mol. The first-order chi connectivity index (χ1) is 13.2. The van der Waals surface area contributed by atoms with Crippen molar-refractivity contribution in [1.82, 2.24) is 9.80 Å². The molecule has 11 heteroatoms. The van der Waals surface area contributed by atoms with Gasteiger partial charge in [-0.1, -0.05) is 27.5 Å². The number of benzene rings is 1. The van der Waals surface area contributed by atoms with Crippen LogP contribution >= 0.6 is 27.5 Å². The second kappa shape index (κ2) is 8.59. The largest absolute Gasteiger partial charge is 0.444 e. The number of carbonyl (C=O) groups excluding carboxylic acids is 2. The zero-order chi connectivity index (χ0) is 22.1. The molecule has 0 spiro atoms. The molecule has 162 valence electrons. The number of rotatable bonds is 1. The minimum absolute atomic E-state index is 0.141. The van der Waals surface area contributed by atoms with Crippen molar-refractivity contribution in [2.75, 3.05) is 25.0 Å². The molecule has 1 saturated heterocycles. The number of amides is 3. The topological polar surface area (TPSA) is 61.9 Å². The van der Waals surface area contributed by atoms with E-state index in [-0.39, 0.29) is 29.1 Å². The number of hydrogen-bond acceptors (Lipinski definition) is 3. The molecule has 1 aromatic carbocycles. The SMILES string of the molecule is C[C@H]1CN(C(=O)OC(C)(C)C)CCN1C(=O)Nc1c(Cl)cc(Br)cc1C(F)(F)F. The number of anilines is 1. The van der Waals surface area contributed by atoms with Crippen molar-refractivity contribution in [3.05, 3.63) is 27.2 Å². The predicted octanol–water partition coefficient (Wildman–Crippen LogP) is 5.59. The lowest BCUT2D eigenvalue weighted by Gasteiger charge is -2.40. The van der Waals surface area contributed by atoms with E-state index in [0.29, 0.717) is 0 Å². The number of piperazine rings is 1. The molecule has 0 saturated carbocycles. The van der Waals surface area contributed by atoms with Gasteiger partial charge in [0.05, 0.1) is 16.3 Å². The van der Waals surface area contributed by atoms with Crippen molar-refractivity contribution in [2.24, 2.45) is 0 Å². The van der Waals surface area contributed by atoms with Crippen LogP contribution in [0.25, 0.3) is 0 Å². The van der Waals surface area contributed by atoms with Crippen molar-refractivity contribution >= 4 is 45.3 Å². The number of nitrogens with one attached hydrogen (secondary N) is 1. The van der Waals surface area contributed by atoms with Gasteiger partial charge in [0, 0.05) is 30.1 Å². The molecule has 0 aliphatic carbocycles. The van der Waals surface area contributed by atoms with Gasteiger partial charge in [0.1, 0.15) is 5.60 Å². The second-order valence-corrected chi connectivity index (χ2v) is 9.03. The molecule has 3 amide bonds. The molecular weight excluding hydrogens is 479 g/mol. The summed E-state index contributed by atoms with van der Waals surface area (Å²) in [7, 11) is 0. The number of hydrogen-bond donors (Lipinski definition) is 1. The van der Waals surface area contributed by atoms with Crippen LogP contribution in [-0.4, -0.2) is 53.2 Å². The summed E-state index contributed by atoms with van der Waals surface area (Å²) in [6.45, 7) is 7.48. The van der Waals surface area contributed by atoms with E-state index in [1.54, 1.807) is 27.7 Å². The van der Waals surface area contributed by atoms with Gasteiger partial charge in [0.25, 0.3) is 0 Å². The molecule has 0 unspecified atom stereocenters. The van der Waals surface area contributed by atoms with Gasteiger partial charge in [-0.15, -0.1) is 0 Å². The summed E-state index contributed by atoms with van der Waals surface area (Å²) < 4.78 is 45.5. The maximum Gasteiger partial charge on any atom is 0.418 e. The minimum Gasteiger partial charge on any atom is -0.444 e. The summed E-state index contributed by atoms with van der Waals surface area (Å²) in [6, 6.07) is 0.970. The summed E-state index contributed by atoms with van der Waals surface area (Å²) >= 11 is 8.93. The van der Waals surface area contributed by atoms with Gasteiger partial charge < -0.3 is 19.9 Å². The quantitative estimate of drug-likeness (QED) is 0.546.